The molecule has 0 aliphatic rings. The average Bonchev–Trinajstić information content (AvgIpc) is 2.26. The normalized spacial score (nSPS) is 10.5. The van der Waals surface area contributed by atoms with Gasteiger partial charge in [-0.1, -0.05) is 45.2 Å². The number of benzene rings is 1. The third-order valence-electron chi connectivity index (χ3n) is 2.91. The lowest BCUT2D eigenvalue weighted by Gasteiger charge is -2.09. The number of hydrogen-bond donors (Lipinski definition) is 1. The molecule has 15 heavy (non-hydrogen) atoms. The number of aryl methyl sites for hydroxylation is 1. The first-order valence-corrected chi connectivity index (χ1v) is 6.09. The van der Waals surface area contributed by atoms with E-state index >= 15 is 0 Å². The van der Waals surface area contributed by atoms with Crippen molar-refractivity contribution >= 4 is 0 Å². The van der Waals surface area contributed by atoms with Crippen molar-refractivity contribution in [2.45, 2.75) is 52.4 Å². The molecule has 1 nitrogen and oxygen atoms in total. The first kappa shape index (κ1) is 12.1. The molecule has 0 aliphatic heterocycles. The maximum absolute atomic E-state index is 9.78. The minimum Gasteiger partial charge on any atom is -0.508 e. The van der Waals surface area contributed by atoms with E-state index in [1.165, 1.54) is 31.2 Å². The minimum atomic E-state index is 0.478. The van der Waals surface area contributed by atoms with Gasteiger partial charge in [-0.25, -0.2) is 0 Å². The molecule has 84 valence electrons. The second-order valence-electron chi connectivity index (χ2n) is 4.08. The summed E-state index contributed by atoms with van der Waals surface area (Å²) in [5, 5.41) is 9.78. The van der Waals surface area contributed by atoms with Crippen LogP contribution in [0.2, 0.25) is 0 Å². The van der Waals surface area contributed by atoms with Gasteiger partial charge in [-0.3, -0.25) is 0 Å². The van der Waals surface area contributed by atoms with Gasteiger partial charge >= 0.3 is 0 Å². The van der Waals surface area contributed by atoms with Crippen LogP contribution in [-0.2, 0) is 12.8 Å². The van der Waals surface area contributed by atoms with Crippen LogP contribution >= 0.6 is 0 Å². The van der Waals surface area contributed by atoms with Crippen molar-refractivity contribution < 1.29 is 5.11 Å². The molecule has 1 aromatic carbocycles. The van der Waals surface area contributed by atoms with E-state index < -0.39 is 0 Å². The Kier molecular flexibility index (Phi) is 5.23. The summed E-state index contributed by atoms with van der Waals surface area (Å²) in [6.45, 7) is 4.36. The number of phenolic OH excluding ortho intramolecular Hbond substituents is 1. The molecular formula is C14H22O. The summed E-state index contributed by atoms with van der Waals surface area (Å²) in [5.74, 6) is 0.478. The smallest absolute Gasteiger partial charge is 0.119 e. The molecule has 0 aromatic heterocycles. The number of rotatable bonds is 6. The van der Waals surface area contributed by atoms with Crippen molar-refractivity contribution in [3.63, 3.8) is 0 Å². The van der Waals surface area contributed by atoms with E-state index in [9.17, 15) is 5.11 Å². The van der Waals surface area contributed by atoms with Gasteiger partial charge in [0, 0.05) is 0 Å². The number of hydrogen-bond acceptors (Lipinski definition) is 1. The molecule has 1 heteroatoms. The predicted molar refractivity (Wildman–Crippen MR) is 65.3 cm³/mol. The maximum Gasteiger partial charge on any atom is 0.119 e. The Hall–Kier alpha value is -0.980. The molecule has 0 amide bonds. The van der Waals surface area contributed by atoms with E-state index in [0.29, 0.717) is 5.75 Å². The average molecular weight is 206 g/mol. The summed E-state index contributed by atoms with van der Waals surface area (Å²) in [7, 11) is 0. The molecule has 0 radical (unpaired) electrons. The Bertz CT molecular complexity index is 291. The molecule has 0 saturated heterocycles. The van der Waals surface area contributed by atoms with Gasteiger partial charge in [0.25, 0.3) is 0 Å². The number of unbranched alkanes of at least 4 members (excludes halogenated alkanes) is 3. The predicted octanol–water partition coefficient (Wildman–Crippen LogP) is 4.08. The molecule has 1 rings (SSSR count). The Morgan fingerprint density at radius 3 is 2.53 bits per heavy atom. The van der Waals surface area contributed by atoms with E-state index in [1.54, 1.807) is 6.07 Å². The monoisotopic (exact) mass is 206 g/mol. The number of phenols is 1. The first-order valence-electron chi connectivity index (χ1n) is 6.09. The molecule has 0 spiro atoms. The van der Waals surface area contributed by atoms with Crippen LogP contribution in [0.3, 0.4) is 0 Å². The molecule has 0 bridgehead atoms. The Labute approximate surface area is 93.1 Å². The van der Waals surface area contributed by atoms with Crippen LogP contribution in [0.4, 0.5) is 0 Å². The summed E-state index contributed by atoms with van der Waals surface area (Å²) in [6.07, 6.45) is 7.07. The lowest BCUT2D eigenvalue weighted by atomic mass is 9.98. The zero-order valence-electron chi connectivity index (χ0n) is 9.92. The highest BCUT2D eigenvalue weighted by molar-refractivity contribution is 5.39. The van der Waals surface area contributed by atoms with Gasteiger partial charge in [0.1, 0.15) is 5.75 Å². The van der Waals surface area contributed by atoms with Crippen molar-refractivity contribution in [1.29, 1.82) is 0 Å². The molecule has 0 fully saturated rings. The van der Waals surface area contributed by atoms with Crippen molar-refractivity contribution in [3.05, 3.63) is 29.3 Å². The van der Waals surface area contributed by atoms with Crippen molar-refractivity contribution in [3.8, 4) is 5.75 Å². The van der Waals surface area contributed by atoms with E-state index in [4.69, 9.17) is 0 Å². The molecule has 0 atom stereocenters. The second kappa shape index (κ2) is 6.49. The fraction of sp³-hybridized carbons (Fsp3) is 0.571. The summed E-state index contributed by atoms with van der Waals surface area (Å²) in [6, 6.07) is 5.85. The molecular weight excluding hydrogens is 184 g/mol. The van der Waals surface area contributed by atoms with Gasteiger partial charge in [-0.05, 0) is 36.5 Å². The van der Waals surface area contributed by atoms with Crippen LogP contribution in [-0.4, -0.2) is 5.11 Å². The van der Waals surface area contributed by atoms with Gasteiger partial charge < -0.3 is 5.11 Å². The van der Waals surface area contributed by atoms with E-state index in [0.717, 1.165) is 18.4 Å². The zero-order chi connectivity index (χ0) is 11.1. The molecule has 0 saturated carbocycles. The lowest BCUT2D eigenvalue weighted by molar-refractivity contribution is 0.465. The molecule has 0 unspecified atom stereocenters. The fourth-order valence-corrected chi connectivity index (χ4v) is 1.97. The highest BCUT2D eigenvalue weighted by Gasteiger charge is 2.05. The van der Waals surface area contributed by atoms with Crippen LogP contribution in [0.25, 0.3) is 0 Å². The van der Waals surface area contributed by atoms with Gasteiger partial charge in [0.05, 0.1) is 0 Å². The van der Waals surface area contributed by atoms with Crippen molar-refractivity contribution in [2.24, 2.45) is 0 Å². The summed E-state index contributed by atoms with van der Waals surface area (Å²) in [4.78, 5) is 0. The molecule has 0 aliphatic carbocycles. The van der Waals surface area contributed by atoms with Crippen molar-refractivity contribution in [2.75, 3.05) is 0 Å². The molecule has 0 heterocycles. The maximum atomic E-state index is 9.78. The van der Waals surface area contributed by atoms with Crippen LogP contribution in [0.1, 0.15) is 50.7 Å². The lowest BCUT2D eigenvalue weighted by Crippen LogP contribution is -1.93. The van der Waals surface area contributed by atoms with Crippen LogP contribution in [0, 0.1) is 0 Å². The van der Waals surface area contributed by atoms with Gasteiger partial charge in [-0.2, -0.15) is 0 Å². The highest BCUT2D eigenvalue weighted by Crippen LogP contribution is 2.23. The second-order valence-corrected chi connectivity index (χ2v) is 4.08. The van der Waals surface area contributed by atoms with E-state index in [1.807, 2.05) is 6.07 Å². The highest BCUT2D eigenvalue weighted by atomic mass is 16.3. The van der Waals surface area contributed by atoms with Gasteiger partial charge in [0.15, 0.2) is 0 Å². The zero-order valence-corrected chi connectivity index (χ0v) is 9.92. The molecule has 1 aromatic rings. The van der Waals surface area contributed by atoms with Gasteiger partial charge in [-0.15, -0.1) is 0 Å². The van der Waals surface area contributed by atoms with Crippen LogP contribution < -0.4 is 0 Å². The van der Waals surface area contributed by atoms with E-state index in [2.05, 4.69) is 19.9 Å². The largest absolute Gasteiger partial charge is 0.508 e. The summed E-state index contributed by atoms with van der Waals surface area (Å²) < 4.78 is 0. The summed E-state index contributed by atoms with van der Waals surface area (Å²) in [5.41, 5.74) is 2.46. The fourth-order valence-electron chi connectivity index (χ4n) is 1.97. The van der Waals surface area contributed by atoms with E-state index in [-0.39, 0.29) is 0 Å². The summed E-state index contributed by atoms with van der Waals surface area (Å²) >= 11 is 0. The van der Waals surface area contributed by atoms with Crippen molar-refractivity contribution in [1.82, 2.24) is 0 Å². The first-order chi connectivity index (χ1) is 7.29. The Morgan fingerprint density at radius 1 is 1.07 bits per heavy atom. The SMILES string of the molecule is CCCCCCc1c(O)cccc1CC. The quantitative estimate of drug-likeness (QED) is 0.695. The minimum absolute atomic E-state index is 0.478. The molecule has 1 N–H and O–H groups in total. The van der Waals surface area contributed by atoms with Crippen LogP contribution in [0.5, 0.6) is 5.75 Å². The third kappa shape index (κ3) is 3.58. The number of aromatic hydroxyl groups is 1. The van der Waals surface area contributed by atoms with Crippen LogP contribution in [0.15, 0.2) is 18.2 Å². The third-order valence-corrected chi connectivity index (χ3v) is 2.91. The van der Waals surface area contributed by atoms with Gasteiger partial charge in [0.2, 0.25) is 0 Å². The standard InChI is InChI=1S/C14H22O/c1-3-5-6-7-10-13-12(4-2)9-8-11-14(13)15/h8-9,11,15H,3-7,10H2,1-2H3. The topological polar surface area (TPSA) is 20.2 Å². The Morgan fingerprint density at radius 2 is 1.87 bits per heavy atom. The Balaban J connectivity index is 2.58.